The molecule has 166 valence electrons. The van der Waals surface area contributed by atoms with Crippen molar-refractivity contribution in [2.75, 3.05) is 32.1 Å². The molecule has 4 amide bonds. The Morgan fingerprint density at radius 1 is 1.00 bits per heavy atom. The Morgan fingerprint density at radius 2 is 1.67 bits per heavy atom. The lowest BCUT2D eigenvalue weighted by Crippen LogP contribution is -2.51. The molecule has 1 aliphatic carbocycles. The molecule has 1 heterocycles. The van der Waals surface area contributed by atoms with Gasteiger partial charge in [-0.3, -0.25) is 0 Å². The van der Waals surface area contributed by atoms with Gasteiger partial charge in [0.25, 0.3) is 0 Å². The Balaban J connectivity index is 1.43. The number of anilines is 1. The second-order valence-corrected chi connectivity index (χ2v) is 7.94. The van der Waals surface area contributed by atoms with Crippen molar-refractivity contribution in [1.29, 1.82) is 0 Å². The van der Waals surface area contributed by atoms with Gasteiger partial charge >= 0.3 is 12.1 Å². The molecule has 0 unspecified atom stereocenters. The van der Waals surface area contributed by atoms with E-state index in [1.807, 2.05) is 6.92 Å². The lowest BCUT2D eigenvalue weighted by molar-refractivity contribution is 0.186. The van der Waals surface area contributed by atoms with Gasteiger partial charge in [0.15, 0.2) is 11.5 Å². The van der Waals surface area contributed by atoms with Gasteiger partial charge in [0.2, 0.25) is 0 Å². The van der Waals surface area contributed by atoms with Gasteiger partial charge in [0, 0.05) is 36.9 Å². The first-order valence-electron chi connectivity index (χ1n) is 11.0. The van der Waals surface area contributed by atoms with Gasteiger partial charge in [0.05, 0.1) is 13.7 Å². The molecular weight excluding hydrogens is 384 g/mol. The molecule has 1 aromatic carbocycles. The van der Waals surface area contributed by atoms with Crippen molar-refractivity contribution in [2.45, 2.75) is 64.0 Å². The lowest BCUT2D eigenvalue weighted by atomic mass is 9.96. The molecule has 0 spiro atoms. The standard InChI is InChI=1S/C22H34N4O4/c1-3-30-20-15-18(9-10-19(20)29-2)25-22(28)26-13-11-17(12-14-26)24-21(27)23-16-7-5-4-6-8-16/h9-10,15-17H,3-8,11-14H2,1-2H3,(H,25,28)(H2,23,24,27). The van der Waals surface area contributed by atoms with Crippen LogP contribution < -0.4 is 25.4 Å². The van der Waals surface area contributed by atoms with Crippen LogP contribution >= 0.6 is 0 Å². The highest BCUT2D eigenvalue weighted by Gasteiger charge is 2.25. The smallest absolute Gasteiger partial charge is 0.321 e. The number of amides is 4. The van der Waals surface area contributed by atoms with Crippen LogP contribution in [0.15, 0.2) is 18.2 Å². The summed E-state index contributed by atoms with van der Waals surface area (Å²) in [5.41, 5.74) is 0.663. The second kappa shape index (κ2) is 10.9. The van der Waals surface area contributed by atoms with E-state index in [0.29, 0.717) is 42.9 Å². The number of nitrogens with zero attached hydrogens (tertiary/aromatic N) is 1. The maximum absolute atomic E-state index is 12.6. The van der Waals surface area contributed by atoms with Crippen LogP contribution in [0.25, 0.3) is 0 Å². The molecule has 30 heavy (non-hydrogen) atoms. The van der Waals surface area contributed by atoms with Crippen molar-refractivity contribution in [3.05, 3.63) is 18.2 Å². The number of likely N-dealkylation sites (tertiary alicyclic amines) is 1. The van der Waals surface area contributed by atoms with E-state index in [-0.39, 0.29) is 18.1 Å². The van der Waals surface area contributed by atoms with Gasteiger partial charge in [-0.15, -0.1) is 0 Å². The molecule has 1 aliphatic heterocycles. The van der Waals surface area contributed by atoms with Gasteiger partial charge in [-0.2, -0.15) is 0 Å². The van der Waals surface area contributed by atoms with E-state index in [2.05, 4.69) is 16.0 Å². The van der Waals surface area contributed by atoms with Crippen molar-refractivity contribution in [3.8, 4) is 11.5 Å². The monoisotopic (exact) mass is 418 g/mol. The zero-order chi connectivity index (χ0) is 21.3. The van der Waals surface area contributed by atoms with Crippen LogP contribution in [0.3, 0.4) is 0 Å². The predicted molar refractivity (Wildman–Crippen MR) is 116 cm³/mol. The average Bonchev–Trinajstić information content (AvgIpc) is 2.75. The van der Waals surface area contributed by atoms with Crippen molar-refractivity contribution in [2.24, 2.45) is 0 Å². The molecule has 1 saturated carbocycles. The third-order valence-corrected chi connectivity index (χ3v) is 5.77. The Morgan fingerprint density at radius 3 is 2.30 bits per heavy atom. The normalized spacial score (nSPS) is 17.9. The van der Waals surface area contributed by atoms with E-state index in [4.69, 9.17) is 9.47 Å². The predicted octanol–water partition coefficient (Wildman–Crippen LogP) is 3.72. The molecule has 0 aromatic heterocycles. The van der Waals surface area contributed by atoms with Crippen LogP contribution in [-0.2, 0) is 0 Å². The van der Waals surface area contributed by atoms with Crippen LogP contribution in [0.2, 0.25) is 0 Å². The molecule has 3 rings (SSSR count). The number of benzene rings is 1. The van der Waals surface area contributed by atoms with Crippen LogP contribution in [-0.4, -0.2) is 55.9 Å². The number of rotatable bonds is 6. The maximum Gasteiger partial charge on any atom is 0.321 e. The number of hydrogen-bond acceptors (Lipinski definition) is 4. The van der Waals surface area contributed by atoms with Crippen LogP contribution in [0.1, 0.15) is 51.9 Å². The quantitative estimate of drug-likeness (QED) is 0.657. The van der Waals surface area contributed by atoms with E-state index >= 15 is 0 Å². The number of carbonyl (C=O) groups is 2. The Bertz CT molecular complexity index is 713. The average molecular weight is 419 g/mol. The van der Waals surface area contributed by atoms with E-state index < -0.39 is 0 Å². The first kappa shape index (κ1) is 22.1. The van der Waals surface area contributed by atoms with E-state index in [0.717, 1.165) is 25.7 Å². The number of carbonyl (C=O) groups excluding carboxylic acids is 2. The van der Waals surface area contributed by atoms with Crippen molar-refractivity contribution >= 4 is 17.7 Å². The van der Waals surface area contributed by atoms with Gasteiger partial charge < -0.3 is 30.3 Å². The fourth-order valence-electron chi connectivity index (χ4n) is 4.11. The summed E-state index contributed by atoms with van der Waals surface area (Å²) in [6.45, 7) is 3.63. The Hall–Kier alpha value is -2.64. The zero-order valence-corrected chi connectivity index (χ0v) is 18.0. The van der Waals surface area contributed by atoms with Crippen molar-refractivity contribution in [1.82, 2.24) is 15.5 Å². The summed E-state index contributed by atoms with van der Waals surface area (Å²) in [7, 11) is 1.59. The number of methoxy groups -OCH3 is 1. The van der Waals surface area contributed by atoms with Crippen LogP contribution in [0, 0.1) is 0 Å². The summed E-state index contributed by atoms with van der Waals surface area (Å²) in [5, 5.41) is 9.09. The van der Waals surface area contributed by atoms with Gasteiger partial charge in [-0.25, -0.2) is 9.59 Å². The molecule has 8 nitrogen and oxygen atoms in total. The van der Waals surface area contributed by atoms with E-state index in [1.54, 1.807) is 30.2 Å². The van der Waals surface area contributed by atoms with Gasteiger partial charge in [-0.05, 0) is 44.7 Å². The molecule has 0 bridgehead atoms. The number of piperidine rings is 1. The molecule has 2 aliphatic rings. The summed E-state index contributed by atoms with van der Waals surface area (Å²) in [6.07, 6.45) is 7.29. The molecule has 2 fully saturated rings. The minimum absolute atomic E-state index is 0.0773. The summed E-state index contributed by atoms with van der Waals surface area (Å²) in [6, 6.07) is 5.52. The first-order valence-corrected chi connectivity index (χ1v) is 11.0. The third-order valence-electron chi connectivity index (χ3n) is 5.77. The number of ether oxygens (including phenoxy) is 2. The summed E-state index contributed by atoms with van der Waals surface area (Å²) in [4.78, 5) is 26.6. The summed E-state index contributed by atoms with van der Waals surface area (Å²) in [5.74, 6) is 1.23. The van der Waals surface area contributed by atoms with E-state index in [9.17, 15) is 9.59 Å². The highest BCUT2D eigenvalue weighted by atomic mass is 16.5. The fraction of sp³-hybridized carbons (Fsp3) is 0.636. The lowest BCUT2D eigenvalue weighted by Gasteiger charge is -2.33. The largest absolute Gasteiger partial charge is 0.493 e. The molecule has 0 atom stereocenters. The Kier molecular flexibility index (Phi) is 8.04. The van der Waals surface area contributed by atoms with Crippen LogP contribution in [0.5, 0.6) is 11.5 Å². The minimum atomic E-state index is -0.146. The first-order chi connectivity index (χ1) is 14.6. The third kappa shape index (κ3) is 6.18. The Labute approximate surface area is 178 Å². The number of hydrogen-bond donors (Lipinski definition) is 3. The minimum Gasteiger partial charge on any atom is -0.493 e. The molecule has 1 saturated heterocycles. The highest BCUT2D eigenvalue weighted by Crippen LogP contribution is 2.30. The molecular formula is C22H34N4O4. The molecule has 1 aromatic rings. The van der Waals surface area contributed by atoms with Crippen LogP contribution in [0.4, 0.5) is 15.3 Å². The maximum atomic E-state index is 12.6. The summed E-state index contributed by atoms with van der Waals surface area (Å²) < 4.78 is 10.8. The molecule has 3 N–H and O–H groups in total. The second-order valence-electron chi connectivity index (χ2n) is 7.94. The SMILES string of the molecule is CCOc1cc(NC(=O)N2CCC(NC(=O)NC3CCCCC3)CC2)ccc1OC. The topological polar surface area (TPSA) is 91.9 Å². The van der Waals surface area contributed by atoms with E-state index in [1.165, 1.54) is 19.3 Å². The highest BCUT2D eigenvalue weighted by molar-refractivity contribution is 5.89. The van der Waals surface area contributed by atoms with Crippen molar-refractivity contribution in [3.63, 3.8) is 0 Å². The molecule has 8 heteroatoms. The molecule has 0 radical (unpaired) electrons. The number of nitrogens with one attached hydrogen (secondary N) is 3. The zero-order valence-electron chi connectivity index (χ0n) is 18.0. The number of urea groups is 2. The fourth-order valence-corrected chi connectivity index (χ4v) is 4.11. The van der Waals surface area contributed by atoms with Gasteiger partial charge in [0.1, 0.15) is 0 Å². The van der Waals surface area contributed by atoms with Crippen molar-refractivity contribution < 1.29 is 19.1 Å². The summed E-state index contributed by atoms with van der Waals surface area (Å²) >= 11 is 0. The van der Waals surface area contributed by atoms with Gasteiger partial charge in [-0.1, -0.05) is 19.3 Å².